The van der Waals surface area contributed by atoms with Crippen molar-refractivity contribution in [3.63, 3.8) is 0 Å². The van der Waals surface area contributed by atoms with E-state index in [4.69, 9.17) is 9.47 Å². The molecule has 0 saturated heterocycles. The van der Waals surface area contributed by atoms with Crippen molar-refractivity contribution in [1.29, 1.82) is 0 Å². The lowest BCUT2D eigenvalue weighted by Gasteiger charge is -2.30. The minimum absolute atomic E-state index is 0.348. The van der Waals surface area contributed by atoms with Gasteiger partial charge in [0.1, 0.15) is 0 Å². The van der Waals surface area contributed by atoms with Crippen molar-refractivity contribution in [2.75, 3.05) is 13.2 Å². The second-order valence-electron chi connectivity index (χ2n) is 4.29. The second kappa shape index (κ2) is 9.17. The summed E-state index contributed by atoms with van der Waals surface area (Å²) in [6.45, 7) is 10.2. The number of unbranched alkanes of at least 4 members (excludes halogenated alkanes) is 2. The predicted molar refractivity (Wildman–Crippen MR) is 65.0 cm³/mol. The lowest BCUT2D eigenvalue weighted by atomic mass is 10.2. The van der Waals surface area contributed by atoms with Crippen molar-refractivity contribution < 1.29 is 9.47 Å². The minimum atomic E-state index is -0.348. The molecule has 2 heteroatoms. The topological polar surface area (TPSA) is 18.5 Å². The van der Waals surface area contributed by atoms with Gasteiger partial charge >= 0.3 is 0 Å². The maximum absolute atomic E-state index is 5.83. The van der Waals surface area contributed by atoms with Crippen molar-refractivity contribution in [2.24, 2.45) is 0 Å². The molecule has 0 bridgehead atoms. The molecule has 0 saturated carbocycles. The predicted octanol–water partition coefficient (Wildman–Crippen LogP) is 4.14. The fourth-order valence-corrected chi connectivity index (χ4v) is 1.50. The largest absolute Gasteiger partial charge is 0.350 e. The van der Waals surface area contributed by atoms with Gasteiger partial charge in [0.2, 0.25) is 0 Å². The van der Waals surface area contributed by atoms with Crippen molar-refractivity contribution in [3.8, 4) is 0 Å². The molecule has 15 heavy (non-hydrogen) atoms. The van der Waals surface area contributed by atoms with Crippen LogP contribution in [0.1, 0.15) is 66.2 Å². The van der Waals surface area contributed by atoms with Gasteiger partial charge in [-0.15, -0.1) is 0 Å². The van der Waals surface area contributed by atoms with Gasteiger partial charge in [-0.05, 0) is 19.8 Å². The van der Waals surface area contributed by atoms with E-state index < -0.39 is 0 Å². The van der Waals surface area contributed by atoms with Crippen molar-refractivity contribution >= 4 is 0 Å². The van der Waals surface area contributed by atoms with Crippen LogP contribution in [0.5, 0.6) is 0 Å². The highest BCUT2D eigenvalue weighted by Gasteiger charge is 2.24. The summed E-state index contributed by atoms with van der Waals surface area (Å²) in [4.78, 5) is 0. The molecule has 0 aliphatic carbocycles. The lowest BCUT2D eigenvalue weighted by Crippen LogP contribution is -2.33. The van der Waals surface area contributed by atoms with Gasteiger partial charge in [-0.3, -0.25) is 0 Å². The van der Waals surface area contributed by atoms with Crippen LogP contribution in [-0.4, -0.2) is 19.0 Å². The molecule has 0 rings (SSSR count). The van der Waals surface area contributed by atoms with E-state index in [1.165, 1.54) is 12.8 Å². The van der Waals surface area contributed by atoms with E-state index in [9.17, 15) is 0 Å². The molecule has 0 atom stereocenters. The van der Waals surface area contributed by atoms with E-state index in [1.807, 2.05) is 0 Å². The second-order valence-corrected chi connectivity index (χ2v) is 4.29. The highest BCUT2D eigenvalue weighted by atomic mass is 16.7. The van der Waals surface area contributed by atoms with Gasteiger partial charge in [-0.25, -0.2) is 0 Å². The summed E-state index contributed by atoms with van der Waals surface area (Å²) < 4.78 is 11.7. The highest BCUT2D eigenvalue weighted by molar-refractivity contribution is 4.62. The number of hydrogen-bond acceptors (Lipinski definition) is 2. The van der Waals surface area contributed by atoms with Gasteiger partial charge in [-0.1, -0.05) is 40.0 Å². The molecule has 0 aliphatic heterocycles. The van der Waals surface area contributed by atoms with Crippen LogP contribution in [0.15, 0.2) is 0 Å². The molecular formula is C13H28O2. The molecule has 0 aromatic rings. The van der Waals surface area contributed by atoms with E-state index in [0.717, 1.165) is 38.9 Å². The van der Waals surface area contributed by atoms with Crippen LogP contribution in [0.3, 0.4) is 0 Å². The third kappa shape index (κ3) is 7.80. The first-order valence-electron chi connectivity index (χ1n) is 6.46. The first-order valence-corrected chi connectivity index (χ1v) is 6.46. The molecule has 0 aromatic carbocycles. The Morgan fingerprint density at radius 2 is 1.27 bits per heavy atom. The third-order valence-electron chi connectivity index (χ3n) is 2.51. The van der Waals surface area contributed by atoms with Crippen LogP contribution in [0.4, 0.5) is 0 Å². The Bertz CT molecular complexity index is 124. The molecule has 0 amide bonds. The molecule has 92 valence electrons. The van der Waals surface area contributed by atoms with Crippen LogP contribution >= 0.6 is 0 Å². The smallest absolute Gasteiger partial charge is 0.165 e. The quantitative estimate of drug-likeness (QED) is 0.404. The fraction of sp³-hybridized carbons (Fsp3) is 1.00. The fourth-order valence-electron chi connectivity index (χ4n) is 1.50. The Balaban J connectivity index is 3.83. The maximum atomic E-state index is 5.83. The van der Waals surface area contributed by atoms with Gasteiger partial charge in [0, 0.05) is 19.6 Å². The average molecular weight is 216 g/mol. The number of ether oxygens (including phenoxy) is 2. The zero-order valence-corrected chi connectivity index (χ0v) is 11.0. The van der Waals surface area contributed by atoms with Gasteiger partial charge < -0.3 is 9.47 Å². The van der Waals surface area contributed by atoms with Gasteiger partial charge in [0.25, 0.3) is 0 Å². The molecule has 0 heterocycles. The van der Waals surface area contributed by atoms with Crippen molar-refractivity contribution in [1.82, 2.24) is 0 Å². The third-order valence-corrected chi connectivity index (χ3v) is 2.51. The van der Waals surface area contributed by atoms with E-state index in [0.29, 0.717) is 0 Å². The summed E-state index contributed by atoms with van der Waals surface area (Å²) in [5.74, 6) is -0.348. The van der Waals surface area contributed by atoms with Crippen LogP contribution in [0.2, 0.25) is 0 Å². The first-order chi connectivity index (χ1) is 7.18. The Morgan fingerprint density at radius 3 is 1.60 bits per heavy atom. The zero-order chi connectivity index (χ0) is 11.6. The summed E-state index contributed by atoms with van der Waals surface area (Å²) >= 11 is 0. The summed E-state index contributed by atoms with van der Waals surface area (Å²) in [6, 6.07) is 0. The number of rotatable bonds is 10. The summed E-state index contributed by atoms with van der Waals surface area (Å²) in [5.41, 5.74) is 0. The van der Waals surface area contributed by atoms with Crippen LogP contribution in [-0.2, 0) is 9.47 Å². The monoisotopic (exact) mass is 216 g/mol. The van der Waals surface area contributed by atoms with Crippen molar-refractivity contribution in [3.05, 3.63) is 0 Å². The molecule has 0 aliphatic rings. The van der Waals surface area contributed by atoms with E-state index in [2.05, 4.69) is 27.7 Å². The molecule has 0 fully saturated rings. The Morgan fingerprint density at radius 1 is 0.800 bits per heavy atom. The summed E-state index contributed by atoms with van der Waals surface area (Å²) in [6.07, 6.45) is 6.69. The lowest BCUT2D eigenvalue weighted by molar-refractivity contribution is -0.230. The Labute approximate surface area is 95.3 Å². The molecule has 0 radical (unpaired) electrons. The van der Waals surface area contributed by atoms with Gasteiger partial charge in [0.05, 0.1) is 0 Å². The highest BCUT2D eigenvalue weighted by Crippen LogP contribution is 2.20. The zero-order valence-electron chi connectivity index (χ0n) is 11.0. The molecule has 0 aromatic heterocycles. The van der Waals surface area contributed by atoms with Crippen LogP contribution in [0, 0.1) is 0 Å². The maximum Gasteiger partial charge on any atom is 0.165 e. The van der Waals surface area contributed by atoms with E-state index in [-0.39, 0.29) is 5.79 Å². The molecule has 0 unspecified atom stereocenters. The van der Waals surface area contributed by atoms with Crippen LogP contribution < -0.4 is 0 Å². The first kappa shape index (κ1) is 14.9. The molecule has 2 nitrogen and oxygen atoms in total. The number of hydrogen-bond donors (Lipinski definition) is 0. The Hall–Kier alpha value is -0.0800. The standard InChI is InChI=1S/C13H28O2/c1-5-8-11-14-13(4,10-7-3)15-12-9-6-2/h5-12H2,1-4H3. The van der Waals surface area contributed by atoms with E-state index in [1.54, 1.807) is 0 Å². The van der Waals surface area contributed by atoms with Gasteiger partial charge in [0.15, 0.2) is 5.79 Å². The molecule has 0 N–H and O–H groups in total. The summed E-state index contributed by atoms with van der Waals surface area (Å²) in [7, 11) is 0. The summed E-state index contributed by atoms with van der Waals surface area (Å²) in [5, 5.41) is 0. The molecular weight excluding hydrogens is 188 g/mol. The minimum Gasteiger partial charge on any atom is -0.350 e. The average Bonchev–Trinajstić information content (AvgIpc) is 2.19. The van der Waals surface area contributed by atoms with Gasteiger partial charge in [-0.2, -0.15) is 0 Å². The normalized spacial score (nSPS) is 12.0. The van der Waals surface area contributed by atoms with E-state index >= 15 is 0 Å². The van der Waals surface area contributed by atoms with Crippen molar-refractivity contribution in [2.45, 2.75) is 72.0 Å². The van der Waals surface area contributed by atoms with Crippen LogP contribution in [0.25, 0.3) is 0 Å². The Kier molecular flexibility index (Phi) is 9.12. The SMILES string of the molecule is CCCCOC(C)(CCC)OCCCC. The molecule has 0 spiro atoms.